The smallest absolute Gasteiger partial charge is 0.134 e. The molecule has 2 aliphatic rings. The first kappa shape index (κ1) is 23.7. The largest absolute Gasteiger partial charge is 0.387 e. The number of piperidine rings is 1. The van der Waals surface area contributed by atoms with E-state index in [0.29, 0.717) is 13.1 Å². The second-order valence-electron chi connectivity index (χ2n) is 9.48. The second-order valence-corrected chi connectivity index (χ2v) is 9.48. The summed E-state index contributed by atoms with van der Waals surface area (Å²) in [5, 5.41) is 14.9. The van der Waals surface area contributed by atoms with Gasteiger partial charge in [-0.2, -0.15) is 0 Å². The van der Waals surface area contributed by atoms with Crippen molar-refractivity contribution in [3.05, 3.63) is 43.0 Å². The van der Waals surface area contributed by atoms with Gasteiger partial charge in [0.25, 0.3) is 0 Å². The molecule has 2 saturated heterocycles. The van der Waals surface area contributed by atoms with Crippen LogP contribution in [0.3, 0.4) is 0 Å². The predicted molar refractivity (Wildman–Crippen MR) is 137 cm³/mol. The monoisotopic (exact) mass is 478 g/mol. The highest BCUT2D eigenvalue weighted by molar-refractivity contribution is 5.87. The van der Waals surface area contributed by atoms with E-state index in [1.54, 1.807) is 12.5 Å². The lowest BCUT2D eigenvalue weighted by molar-refractivity contribution is -0.000717. The number of hydrogen-bond acceptors (Lipinski definition) is 10. The summed E-state index contributed by atoms with van der Waals surface area (Å²) in [6, 6.07) is 7.87. The summed E-state index contributed by atoms with van der Waals surface area (Å²) in [5.41, 5.74) is 2.02. The molecule has 3 aromatic rings. The number of aliphatic hydroxyl groups is 1. The van der Waals surface area contributed by atoms with E-state index < -0.39 is 5.60 Å². The Bertz CT molecular complexity index is 1120. The zero-order valence-corrected chi connectivity index (χ0v) is 20.3. The van der Waals surface area contributed by atoms with Crippen molar-refractivity contribution in [1.82, 2.24) is 24.8 Å². The quantitative estimate of drug-likeness (QED) is 0.497. The highest BCUT2D eigenvalue weighted by Gasteiger charge is 2.35. The Morgan fingerprint density at radius 1 is 1.09 bits per heavy atom. The lowest BCUT2D eigenvalue weighted by Crippen LogP contribution is -2.54. The Morgan fingerprint density at radius 3 is 2.86 bits per heavy atom. The van der Waals surface area contributed by atoms with Crippen LogP contribution in [0, 0.1) is 0 Å². The summed E-state index contributed by atoms with van der Waals surface area (Å²) in [6.45, 7) is 6.76. The highest BCUT2D eigenvalue weighted by Crippen LogP contribution is 2.30. The standard InChI is InChI=1S/C25H34N8O2/c1-31(11-9-27-22-16-23(30-19-29-22)32-12-14-35-15-13-32)17-25(34)6-3-10-33(18-25)21-5-8-26-20-4-2-7-28-24(20)21/h2,4-5,7-8,16,19,34H,3,6,9-15,17-18H2,1H3,(H,27,29,30). The minimum Gasteiger partial charge on any atom is -0.387 e. The number of rotatable bonds is 8. The van der Waals surface area contributed by atoms with Gasteiger partial charge in [-0.25, -0.2) is 9.97 Å². The fourth-order valence-electron chi connectivity index (χ4n) is 5.03. The van der Waals surface area contributed by atoms with Gasteiger partial charge in [0.05, 0.1) is 30.0 Å². The van der Waals surface area contributed by atoms with Crippen molar-refractivity contribution < 1.29 is 9.84 Å². The number of nitrogens with one attached hydrogen (secondary N) is 1. The predicted octanol–water partition coefficient (Wildman–Crippen LogP) is 1.63. The summed E-state index contributed by atoms with van der Waals surface area (Å²) < 4.78 is 5.43. The van der Waals surface area contributed by atoms with Gasteiger partial charge in [-0.1, -0.05) is 0 Å². The highest BCUT2D eigenvalue weighted by atomic mass is 16.5. The molecule has 2 aliphatic heterocycles. The number of fused-ring (bicyclic) bond motifs is 1. The van der Waals surface area contributed by atoms with Crippen LogP contribution in [0.15, 0.2) is 43.0 Å². The van der Waals surface area contributed by atoms with E-state index in [-0.39, 0.29) is 0 Å². The van der Waals surface area contributed by atoms with Crippen molar-refractivity contribution in [2.45, 2.75) is 18.4 Å². The molecule has 1 unspecified atom stereocenters. The molecule has 10 heteroatoms. The minimum atomic E-state index is -0.782. The van der Waals surface area contributed by atoms with Crippen LogP contribution in [0.5, 0.6) is 0 Å². The minimum absolute atomic E-state index is 0.579. The van der Waals surface area contributed by atoms with Crippen LogP contribution in [-0.4, -0.2) is 102 Å². The topological polar surface area (TPSA) is 103 Å². The van der Waals surface area contributed by atoms with Gasteiger partial charge in [0.15, 0.2) is 0 Å². The number of morpholine rings is 1. The molecule has 0 aromatic carbocycles. The molecule has 0 spiro atoms. The van der Waals surface area contributed by atoms with E-state index in [4.69, 9.17) is 4.74 Å². The third-order valence-electron chi connectivity index (χ3n) is 6.72. The van der Waals surface area contributed by atoms with E-state index in [9.17, 15) is 5.11 Å². The fourth-order valence-corrected chi connectivity index (χ4v) is 5.03. The van der Waals surface area contributed by atoms with Crippen LogP contribution in [0.4, 0.5) is 17.3 Å². The molecule has 0 bridgehead atoms. The van der Waals surface area contributed by atoms with Gasteiger partial charge in [0.1, 0.15) is 23.5 Å². The van der Waals surface area contributed by atoms with Gasteiger partial charge < -0.3 is 29.9 Å². The normalized spacial score (nSPS) is 21.0. The first-order valence-electron chi connectivity index (χ1n) is 12.3. The van der Waals surface area contributed by atoms with Crippen LogP contribution in [0.25, 0.3) is 11.0 Å². The molecule has 0 amide bonds. The molecular formula is C25H34N8O2. The van der Waals surface area contributed by atoms with Gasteiger partial charge in [0.2, 0.25) is 0 Å². The van der Waals surface area contributed by atoms with Crippen molar-refractivity contribution >= 4 is 28.4 Å². The van der Waals surface area contributed by atoms with Crippen molar-refractivity contribution in [3.8, 4) is 0 Å². The Balaban J connectivity index is 1.15. The second kappa shape index (κ2) is 10.7. The summed E-state index contributed by atoms with van der Waals surface area (Å²) in [4.78, 5) is 24.4. The number of anilines is 3. The van der Waals surface area contributed by atoms with Gasteiger partial charge in [-0.15, -0.1) is 0 Å². The number of pyridine rings is 2. The van der Waals surface area contributed by atoms with E-state index in [1.807, 2.05) is 30.5 Å². The molecule has 0 saturated carbocycles. The van der Waals surface area contributed by atoms with Crippen molar-refractivity contribution in [2.24, 2.45) is 0 Å². The van der Waals surface area contributed by atoms with Crippen LogP contribution in [0.1, 0.15) is 12.8 Å². The number of aromatic nitrogens is 4. The first-order valence-corrected chi connectivity index (χ1v) is 12.3. The summed E-state index contributed by atoms with van der Waals surface area (Å²) >= 11 is 0. The van der Waals surface area contributed by atoms with Crippen molar-refractivity contribution in [3.63, 3.8) is 0 Å². The van der Waals surface area contributed by atoms with E-state index >= 15 is 0 Å². The number of β-amino-alcohol motifs (C(OH)–C–C–N with tert-alkyl or cyclic N) is 1. The molecule has 10 nitrogen and oxygen atoms in total. The van der Waals surface area contributed by atoms with Crippen molar-refractivity contribution in [1.29, 1.82) is 0 Å². The average molecular weight is 479 g/mol. The maximum absolute atomic E-state index is 11.5. The zero-order valence-electron chi connectivity index (χ0n) is 20.3. The molecule has 5 rings (SSSR count). The number of nitrogens with zero attached hydrogens (tertiary/aromatic N) is 7. The Morgan fingerprint density at radius 2 is 1.97 bits per heavy atom. The lowest BCUT2D eigenvalue weighted by atomic mass is 9.91. The molecule has 35 heavy (non-hydrogen) atoms. The van der Waals surface area contributed by atoms with Crippen LogP contribution >= 0.6 is 0 Å². The van der Waals surface area contributed by atoms with Crippen LogP contribution in [0.2, 0.25) is 0 Å². The van der Waals surface area contributed by atoms with E-state index in [2.05, 4.69) is 47.0 Å². The van der Waals surface area contributed by atoms with Gasteiger partial charge in [-0.3, -0.25) is 9.97 Å². The maximum atomic E-state index is 11.5. The first-order chi connectivity index (χ1) is 17.1. The molecule has 3 aromatic heterocycles. The van der Waals surface area contributed by atoms with Gasteiger partial charge in [0, 0.05) is 64.3 Å². The SMILES string of the molecule is CN(CCNc1cc(N2CCOCC2)ncn1)CC1(O)CCCN(c2ccnc3cccnc23)C1. The number of likely N-dealkylation sites (N-methyl/N-ethyl adjacent to an activating group) is 1. The molecule has 0 aliphatic carbocycles. The van der Waals surface area contributed by atoms with E-state index in [1.165, 1.54) is 0 Å². The summed E-state index contributed by atoms with van der Waals surface area (Å²) in [5.74, 6) is 1.74. The molecule has 5 heterocycles. The molecule has 186 valence electrons. The number of hydrogen-bond donors (Lipinski definition) is 2. The average Bonchev–Trinajstić information content (AvgIpc) is 2.89. The number of ether oxygens (including phenoxy) is 1. The van der Waals surface area contributed by atoms with Gasteiger partial charge >= 0.3 is 0 Å². The molecule has 1 atom stereocenters. The summed E-state index contributed by atoms with van der Waals surface area (Å²) in [7, 11) is 2.06. The fraction of sp³-hybridized carbons (Fsp3) is 0.520. The van der Waals surface area contributed by atoms with Crippen LogP contribution < -0.4 is 15.1 Å². The zero-order chi connectivity index (χ0) is 24.1. The molecule has 0 radical (unpaired) electrons. The Labute approximate surface area is 206 Å². The summed E-state index contributed by atoms with van der Waals surface area (Å²) in [6.07, 6.45) is 6.94. The van der Waals surface area contributed by atoms with Crippen molar-refractivity contribution in [2.75, 3.05) is 81.2 Å². The molecule has 2 N–H and O–H groups in total. The van der Waals surface area contributed by atoms with E-state index in [0.717, 1.165) is 87.1 Å². The Hall–Kier alpha value is -3.08. The third-order valence-corrected chi connectivity index (χ3v) is 6.72. The lowest BCUT2D eigenvalue weighted by Gasteiger charge is -2.42. The third kappa shape index (κ3) is 5.77. The molecular weight excluding hydrogens is 444 g/mol. The Kier molecular flexibility index (Phi) is 7.21. The maximum Gasteiger partial charge on any atom is 0.134 e. The van der Waals surface area contributed by atoms with Gasteiger partial charge in [-0.05, 0) is 38.1 Å². The van der Waals surface area contributed by atoms with Crippen LogP contribution in [-0.2, 0) is 4.74 Å². The molecule has 2 fully saturated rings.